The molecule has 0 saturated carbocycles. The lowest BCUT2D eigenvalue weighted by Crippen LogP contribution is -2.34. The third-order valence-electron chi connectivity index (χ3n) is 6.86. The zero-order chi connectivity index (χ0) is 25.5. The van der Waals surface area contributed by atoms with Crippen LogP contribution >= 0.6 is 0 Å². The number of rotatable bonds is 6. The van der Waals surface area contributed by atoms with Gasteiger partial charge in [0.1, 0.15) is 11.5 Å². The van der Waals surface area contributed by atoms with Crippen molar-refractivity contribution in [1.82, 2.24) is 34.9 Å². The quantitative estimate of drug-likeness (QED) is 0.331. The van der Waals surface area contributed by atoms with Crippen molar-refractivity contribution in [3.8, 4) is 22.4 Å². The molecular weight excluding hydrogens is 473 g/mol. The normalized spacial score (nSPS) is 16.1. The molecule has 5 aromatic rings. The number of H-pyrrole nitrogens is 1. The van der Waals surface area contributed by atoms with Crippen molar-refractivity contribution in [2.24, 2.45) is 7.05 Å². The molecule has 10 heteroatoms. The molecule has 1 aliphatic rings. The first-order chi connectivity index (χ1) is 18.0. The molecule has 6 rings (SSSR count). The Morgan fingerprint density at radius 3 is 2.76 bits per heavy atom. The van der Waals surface area contributed by atoms with E-state index in [2.05, 4.69) is 30.3 Å². The average Bonchev–Trinajstić information content (AvgIpc) is 3.62. The van der Waals surface area contributed by atoms with E-state index in [0.717, 1.165) is 35.1 Å². The van der Waals surface area contributed by atoms with Crippen molar-refractivity contribution >= 4 is 27.8 Å². The van der Waals surface area contributed by atoms with Gasteiger partial charge in [-0.1, -0.05) is 12.1 Å². The first-order valence-corrected chi connectivity index (χ1v) is 12.2. The number of fused-ring (bicyclic) bond motifs is 3. The molecule has 1 aliphatic heterocycles. The van der Waals surface area contributed by atoms with E-state index in [-0.39, 0.29) is 12.0 Å². The van der Waals surface area contributed by atoms with Crippen LogP contribution in [0.3, 0.4) is 0 Å². The van der Waals surface area contributed by atoms with Crippen LogP contribution in [0, 0.1) is 5.82 Å². The van der Waals surface area contributed by atoms with Gasteiger partial charge in [-0.15, -0.1) is 0 Å². The number of amides is 1. The lowest BCUT2D eigenvalue weighted by atomic mass is 9.99. The first kappa shape index (κ1) is 23.3. The smallest absolute Gasteiger partial charge is 0.251 e. The number of aromatic amines is 1. The van der Waals surface area contributed by atoms with Crippen molar-refractivity contribution in [3.63, 3.8) is 0 Å². The second-order valence-electron chi connectivity index (χ2n) is 9.42. The summed E-state index contributed by atoms with van der Waals surface area (Å²) in [4.78, 5) is 26.8. The number of hydrogen-bond donors (Lipinski definition) is 3. The van der Waals surface area contributed by atoms with Crippen LogP contribution in [0.15, 0.2) is 55.1 Å². The number of halogens is 1. The topological polar surface area (TPSA) is 112 Å². The summed E-state index contributed by atoms with van der Waals surface area (Å²) in [6, 6.07) is 8.83. The Morgan fingerprint density at radius 2 is 2.03 bits per heavy atom. The van der Waals surface area contributed by atoms with Crippen molar-refractivity contribution in [3.05, 3.63) is 66.5 Å². The highest BCUT2D eigenvalue weighted by Gasteiger charge is 2.20. The lowest BCUT2D eigenvalue weighted by Gasteiger charge is -2.15. The molecule has 0 aliphatic carbocycles. The van der Waals surface area contributed by atoms with Gasteiger partial charge in [-0.25, -0.2) is 9.37 Å². The van der Waals surface area contributed by atoms with E-state index >= 15 is 4.39 Å². The van der Waals surface area contributed by atoms with E-state index < -0.39 is 5.82 Å². The van der Waals surface area contributed by atoms with E-state index in [9.17, 15) is 9.90 Å². The van der Waals surface area contributed by atoms with Crippen LogP contribution in [0.5, 0.6) is 0 Å². The lowest BCUT2D eigenvalue weighted by molar-refractivity contribution is 0.0949. The number of carbonyl (C=O) groups excluding carboxylic acids is 1. The molecule has 0 bridgehead atoms. The number of nitrogens with one attached hydrogen (secondary N) is 2. The highest BCUT2D eigenvalue weighted by Crippen LogP contribution is 2.36. The number of pyridine rings is 2. The Balaban J connectivity index is 1.29. The molecular formula is C27H26FN7O2. The molecule has 3 N–H and O–H groups in total. The molecule has 1 aromatic carbocycles. The molecule has 37 heavy (non-hydrogen) atoms. The van der Waals surface area contributed by atoms with Gasteiger partial charge in [-0.2, -0.15) is 5.10 Å². The van der Waals surface area contributed by atoms with Crippen LogP contribution in [0.1, 0.15) is 16.8 Å². The summed E-state index contributed by atoms with van der Waals surface area (Å²) in [6.07, 6.45) is 7.03. The van der Waals surface area contributed by atoms with Gasteiger partial charge in [0, 0.05) is 66.9 Å². The fraction of sp³-hybridized carbons (Fsp3) is 0.259. The Bertz CT molecular complexity index is 1610. The van der Waals surface area contributed by atoms with Crippen LogP contribution in [0.4, 0.5) is 4.39 Å². The molecule has 9 nitrogen and oxygen atoms in total. The van der Waals surface area contributed by atoms with Crippen molar-refractivity contribution in [1.29, 1.82) is 0 Å². The number of aryl methyl sites for hydroxylation is 1. The number of hydrogen-bond acceptors (Lipinski definition) is 6. The molecule has 1 atom stereocenters. The summed E-state index contributed by atoms with van der Waals surface area (Å²) in [7, 11) is 1.84. The molecule has 1 saturated heterocycles. The minimum atomic E-state index is -0.446. The van der Waals surface area contributed by atoms with Crippen molar-refractivity contribution in [2.75, 3.05) is 26.2 Å². The van der Waals surface area contributed by atoms with Gasteiger partial charge in [0.2, 0.25) is 0 Å². The monoisotopic (exact) mass is 499 g/mol. The number of aliphatic hydroxyl groups excluding tert-OH is 1. The Labute approximate surface area is 212 Å². The summed E-state index contributed by atoms with van der Waals surface area (Å²) >= 11 is 0. The van der Waals surface area contributed by atoms with E-state index in [0.29, 0.717) is 47.4 Å². The van der Waals surface area contributed by atoms with Gasteiger partial charge >= 0.3 is 0 Å². The summed E-state index contributed by atoms with van der Waals surface area (Å²) in [5.74, 6) is -0.635. The second kappa shape index (κ2) is 9.38. The number of likely N-dealkylation sites (tertiary alicyclic amines) is 1. The Hall–Kier alpha value is -4.15. The molecule has 0 radical (unpaired) electrons. The molecule has 1 amide bonds. The summed E-state index contributed by atoms with van der Waals surface area (Å²) in [5.41, 5.74) is 4.46. The highest BCUT2D eigenvalue weighted by atomic mass is 19.1. The van der Waals surface area contributed by atoms with Gasteiger partial charge in [-0.05, 0) is 30.2 Å². The van der Waals surface area contributed by atoms with Crippen LogP contribution in [0.25, 0.3) is 44.3 Å². The number of nitrogens with zero attached hydrogens (tertiary/aromatic N) is 5. The predicted octanol–water partition coefficient (Wildman–Crippen LogP) is 3.11. The standard InChI is InChI=1S/C27H26FN7O2/c1-34-14-18(11-32-34)22-10-20-23(13-30-22)33-26-25(20)24(21(28)12-31-26)16-2-4-17(5-3-16)27(37)29-7-9-35-8-6-19(36)15-35/h2-5,10-14,19,36H,6-9,15H2,1H3,(H,29,37)(H,31,33)/t19-/m1/s1. The number of aliphatic hydroxyl groups is 1. The SMILES string of the molecule is Cn1cc(-c2cc3c(cn2)[nH]c2ncc(F)c(-c4ccc(C(=O)NCCN5CC[C@@H](O)C5)cc4)c23)cn1. The molecule has 0 spiro atoms. The summed E-state index contributed by atoms with van der Waals surface area (Å²) in [6.45, 7) is 2.67. The van der Waals surface area contributed by atoms with Crippen molar-refractivity contribution < 1.29 is 14.3 Å². The molecule has 5 heterocycles. The number of β-amino-alcohol motifs (C(OH)–C–C–N with tert-alkyl or cyclic N) is 1. The van der Waals surface area contributed by atoms with Crippen LogP contribution < -0.4 is 5.32 Å². The minimum Gasteiger partial charge on any atom is -0.392 e. The Kier molecular flexibility index (Phi) is 5.90. The maximum absolute atomic E-state index is 15.2. The zero-order valence-corrected chi connectivity index (χ0v) is 20.3. The van der Waals surface area contributed by atoms with E-state index in [1.165, 1.54) is 6.20 Å². The van der Waals surface area contributed by atoms with E-state index in [1.54, 1.807) is 41.3 Å². The number of aromatic nitrogens is 5. The molecule has 0 unspecified atom stereocenters. The molecule has 4 aromatic heterocycles. The first-order valence-electron chi connectivity index (χ1n) is 12.2. The Morgan fingerprint density at radius 1 is 1.19 bits per heavy atom. The zero-order valence-electron chi connectivity index (χ0n) is 20.3. The van der Waals surface area contributed by atoms with Gasteiger partial charge in [0.15, 0.2) is 0 Å². The maximum Gasteiger partial charge on any atom is 0.251 e. The van der Waals surface area contributed by atoms with E-state index in [4.69, 9.17) is 0 Å². The van der Waals surface area contributed by atoms with Gasteiger partial charge < -0.3 is 15.4 Å². The van der Waals surface area contributed by atoms with Crippen LogP contribution in [-0.4, -0.2) is 72.9 Å². The second-order valence-corrected chi connectivity index (χ2v) is 9.42. The third kappa shape index (κ3) is 4.45. The highest BCUT2D eigenvalue weighted by molar-refractivity contribution is 6.13. The number of carbonyl (C=O) groups is 1. The predicted molar refractivity (Wildman–Crippen MR) is 138 cm³/mol. The third-order valence-corrected chi connectivity index (χ3v) is 6.86. The summed E-state index contributed by atoms with van der Waals surface area (Å²) in [5, 5.41) is 18.2. The largest absolute Gasteiger partial charge is 0.392 e. The van der Waals surface area contributed by atoms with Gasteiger partial charge in [0.25, 0.3) is 5.91 Å². The fourth-order valence-corrected chi connectivity index (χ4v) is 4.96. The number of benzene rings is 1. The van der Waals surface area contributed by atoms with Crippen LogP contribution in [0.2, 0.25) is 0 Å². The van der Waals surface area contributed by atoms with Crippen LogP contribution in [-0.2, 0) is 7.05 Å². The van der Waals surface area contributed by atoms with E-state index in [1.807, 2.05) is 19.3 Å². The van der Waals surface area contributed by atoms with Crippen molar-refractivity contribution in [2.45, 2.75) is 12.5 Å². The van der Waals surface area contributed by atoms with Gasteiger partial charge in [0.05, 0.1) is 35.9 Å². The average molecular weight is 500 g/mol. The summed E-state index contributed by atoms with van der Waals surface area (Å²) < 4.78 is 16.9. The molecule has 188 valence electrons. The minimum absolute atomic E-state index is 0.189. The maximum atomic E-state index is 15.2. The van der Waals surface area contributed by atoms with Gasteiger partial charge in [-0.3, -0.25) is 19.4 Å². The fourth-order valence-electron chi connectivity index (χ4n) is 4.96. The molecule has 1 fully saturated rings.